The third-order valence-corrected chi connectivity index (χ3v) is 2.39. The number of carbonyl (C=O) groups is 2. The largest absolute Gasteiger partial charge is 0.462 e. The Bertz CT molecular complexity index is 399. The number of imidazole rings is 1. The van der Waals surface area contributed by atoms with Crippen molar-refractivity contribution in [2.24, 2.45) is 0 Å². The molecule has 1 aliphatic heterocycles. The van der Waals surface area contributed by atoms with Crippen LogP contribution in [0.1, 0.15) is 5.82 Å². The van der Waals surface area contributed by atoms with Gasteiger partial charge in [0.25, 0.3) is 0 Å². The first-order valence-electron chi connectivity index (χ1n) is 4.59. The molecule has 0 aliphatic carbocycles. The molecule has 1 aliphatic rings. The monoisotopic (exact) mass is 209 g/mol. The first-order valence-corrected chi connectivity index (χ1v) is 4.59. The molecule has 2 rings (SSSR count). The molecular weight excluding hydrogens is 198 g/mol. The lowest BCUT2D eigenvalue weighted by molar-refractivity contribution is -0.159. The molecule has 2 heterocycles. The van der Waals surface area contributed by atoms with Crippen LogP contribution in [-0.2, 0) is 27.4 Å². The molecule has 6 nitrogen and oxygen atoms in total. The van der Waals surface area contributed by atoms with Crippen molar-refractivity contribution >= 4 is 11.9 Å². The van der Waals surface area contributed by atoms with Crippen LogP contribution in [0.2, 0.25) is 0 Å². The summed E-state index contributed by atoms with van der Waals surface area (Å²) < 4.78 is 6.34. The number of fused-ring (bicyclic) bond motifs is 1. The Balaban J connectivity index is 2.10. The van der Waals surface area contributed by atoms with Crippen LogP contribution in [0.5, 0.6) is 0 Å². The van der Waals surface area contributed by atoms with Gasteiger partial charge in [-0.3, -0.25) is 4.79 Å². The lowest BCUT2D eigenvalue weighted by Crippen LogP contribution is -2.42. The van der Waals surface area contributed by atoms with Gasteiger partial charge in [-0.2, -0.15) is 0 Å². The number of hydrogen-bond donors (Lipinski definition) is 0. The van der Waals surface area contributed by atoms with E-state index in [4.69, 9.17) is 0 Å². The van der Waals surface area contributed by atoms with Crippen molar-refractivity contribution in [2.45, 2.75) is 13.1 Å². The van der Waals surface area contributed by atoms with Gasteiger partial charge in [-0.15, -0.1) is 0 Å². The van der Waals surface area contributed by atoms with E-state index in [1.165, 1.54) is 12.0 Å². The molecule has 80 valence electrons. The third-order valence-electron chi connectivity index (χ3n) is 2.39. The van der Waals surface area contributed by atoms with E-state index in [2.05, 4.69) is 9.72 Å². The predicted molar refractivity (Wildman–Crippen MR) is 49.7 cm³/mol. The molecule has 0 aromatic carbocycles. The fourth-order valence-electron chi connectivity index (χ4n) is 1.56. The van der Waals surface area contributed by atoms with Crippen LogP contribution >= 0.6 is 0 Å². The normalized spacial score (nSPS) is 14.6. The molecule has 0 N–H and O–H groups in total. The van der Waals surface area contributed by atoms with E-state index in [0.29, 0.717) is 19.6 Å². The van der Waals surface area contributed by atoms with Crippen molar-refractivity contribution in [2.75, 3.05) is 13.7 Å². The SMILES string of the molecule is COC(=O)C(=O)N1CCn2ccnc2C1. The second-order valence-electron chi connectivity index (χ2n) is 3.26. The Morgan fingerprint density at radius 1 is 1.47 bits per heavy atom. The fraction of sp³-hybridized carbons (Fsp3) is 0.444. The second-order valence-corrected chi connectivity index (χ2v) is 3.26. The van der Waals surface area contributed by atoms with Crippen molar-refractivity contribution in [3.8, 4) is 0 Å². The van der Waals surface area contributed by atoms with Crippen LogP contribution in [0.4, 0.5) is 0 Å². The molecule has 0 fully saturated rings. The molecule has 6 heteroatoms. The molecule has 0 unspecified atom stereocenters. The van der Waals surface area contributed by atoms with Crippen molar-refractivity contribution in [3.05, 3.63) is 18.2 Å². The Kier molecular flexibility index (Phi) is 2.40. The molecule has 1 amide bonds. The van der Waals surface area contributed by atoms with E-state index in [-0.39, 0.29) is 0 Å². The Morgan fingerprint density at radius 3 is 3.00 bits per heavy atom. The predicted octanol–water partition coefficient (Wildman–Crippen LogP) is -0.602. The first-order chi connectivity index (χ1) is 7.22. The summed E-state index contributed by atoms with van der Waals surface area (Å²) in [7, 11) is 1.20. The highest BCUT2D eigenvalue weighted by Gasteiger charge is 2.26. The summed E-state index contributed by atoms with van der Waals surface area (Å²) >= 11 is 0. The first kappa shape index (κ1) is 9.70. The molecule has 1 aromatic rings. The summed E-state index contributed by atoms with van der Waals surface area (Å²) in [6.45, 7) is 1.54. The van der Waals surface area contributed by atoms with Crippen LogP contribution in [0.15, 0.2) is 12.4 Å². The minimum atomic E-state index is -0.824. The Morgan fingerprint density at radius 2 is 2.27 bits per heavy atom. The quantitative estimate of drug-likeness (QED) is 0.422. The van der Waals surface area contributed by atoms with Gasteiger partial charge in [0.1, 0.15) is 5.82 Å². The third kappa shape index (κ3) is 1.70. The lowest BCUT2D eigenvalue weighted by Gasteiger charge is -2.26. The van der Waals surface area contributed by atoms with E-state index >= 15 is 0 Å². The minimum absolute atomic E-state index is 0.362. The van der Waals surface area contributed by atoms with Gasteiger partial charge in [-0.05, 0) is 0 Å². The molecule has 0 bridgehead atoms. The van der Waals surface area contributed by atoms with Crippen LogP contribution < -0.4 is 0 Å². The molecule has 0 atom stereocenters. The number of methoxy groups -OCH3 is 1. The Hall–Kier alpha value is -1.85. The summed E-state index contributed by atoms with van der Waals surface area (Å²) in [5.41, 5.74) is 0. The highest BCUT2D eigenvalue weighted by Crippen LogP contribution is 2.10. The maximum absolute atomic E-state index is 11.5. The summed E-state index contributed by atoms with van der Waals surface area (Å²) in [5.74, 6) is -0.639. The Labute approximate surface area is 86.5 Å². The van der Waals surface area contributed by atoms with E-state index < -0.39 is 11.9 Å². The molecule has 0 saturated carbocycles. The molecule has 1 aromatic heterocycles. The zero-order valence-electron chi connectivity index (χ0n) is 8.34. The number of nitrogens with zero attached hydrogens (tertiary/aromatic N) is 3. The topological polar surface area (TPSA) is 64.4 Å². The van der Waals surface area contributed by atoms with Crippen LogP contribution in [0.25, 0.3) is 0 Å². The molecule has 0 saturated heterocycles. The van der Waals surface area contributed by atoms with Gasteiger partial charge < -0.3 is 14.2 Å². The smallest absolute Gasteiger partial charge is 0.396 e. The average Bonchev–Trinajstić information content (AvgIpc) is 2.73. The van der Waals surface area contributed by atoms with Crippen molar-refractivity contribution in [3.63, 3.8) is 0 Å². The van der Waals surface area contributed by atoms with E-state index in [0.717, 1.165) is 5.82 Å². The van der Waals surface area contributed by atoms with Crippen LogP contribution in [0, 0.1) is 0 Å². The number of amides is 1. The maximum atomic E-state index is 11.5. The summed E-state index contributed by atoms with van der Waals surface area (Å²) in [4.78, 5) is 28.0. The van der Waals surface area contributed by atoms with Gasteiger partial charge >= 0.3 is 11.9 Å². The van der Waals surface area contributed by atoms with Crippen molar-refractivity contribution in [1.82, 2.24) is 14.5 Å². The van der Waals surface area contributed by atoms with E-state index in [9.17, 15) is 9.59 Å². The highest BCUT2D eigenvalue weighted by molar-refractivity contribution is 6.32. The molecule has 15 heavy (non-hydrogen) atoms. The fourth-order valence-corrected chi connectivity index (χ4v) is 1.56. The van der Waals surface area contributed by atoms with Gasteiger partial charge in [-0.1, -0.05) is 0 Å². The standard InChI is InChI=1S/C9H11N3O3/c1-15-9(14)8(13)12-5-4-11-3-2-10-7(11)6-12/h2-3H,4-6H2,1H3. The van der Waals surface area contributed by atoms with E-state index in [1.54, 1.807) is 6.20 Å². The van der Waals surface area contributed by atoms with E-state index in [1.807, 2.05) is 10.8 Å². The number of hydrogen-bond acceptors (Lipinski definition) is 4. The van der Waals surface area contributed by atoms with Crippen molar-refractivity contribution in [1.29, 1.82) is 0 Å². The molecule has 0 radical (unpaired) electrons. The average molecular weight is 209 g/mol. The van der Waals surface area contributed by atoms with Gasteiger partial charge in [0.15, 0.2) is 0 Å². The van der Waals surface area contributed by atoms with Gasteiger partial charge in [0.05, 0.1) is 13.7 Å². The zero-order valence-corrected chi connectivity index (χ0v) is 8.34. The zero-order chi connectivity index (χ0) is 10.8. The second kappa shape index (κ2) is 3.72. The summed E-state index contributed by atoms with van der Waals surface area (Å²) in [6.07, 6.45) is 3.54. The number of esters is 1. The number of rotatable bonds is 0. The molecular formula is C9H11N3O3. The molecule has 0 spiro atoms. The maximum Gasteiger partial charge on any atom is 0.396 e. The summed E-state index contributed by atoms with van der Waals surface area (Å²) in [6, 6.07) is 0. The van der Waals surface area contributed by atoms with Gasteiger partial charge in [0, 0.05) is 25.5 Å². The minimum Gasteiger partial charge on any atom is -0.462 e. The van der Waals surface area contributed by atoms with Gasteiger partial charge in [-0.25, -0.2) is 9.78 Å². The number of aromatic nitrogens is 2. The van der Waals surface area contributed by atoms with Crippen LogP contribution in [-0.4, -0.2) is 40.0 Å². The summed E-state index contributed by atoms with van der Waals surface area (Å²) in [5, 5.41) is 0. The van der Waals surface area contributed by atoms with Crippen molar-refractivity contribution < 1.29 is 14.3 Å². The highest BCUT2D eigenvalue weighted by atomic mass is 16.5. The van der Waals surface area contributed by atoms with Gasteiger partial charge in [0.2, 0.25) is 0 Å². The number of carbonyl (C=O) groups excluding carboxylic acids is 2. The lowest BCUT2D eigenvalue weighted by atomic mass is 10.3. The van der Waals surface area contributed by atoms with Crippen LogP contribution in [0.3, 0.4) is 0 Å². The number of ether oxygens (including phenoxy) is 1.